The zero-order chi connectivity index (χ0) is 12.5. The van der Waals surface area contributed by atoms with E-state index in [1.165, 1.54) is 24.8 Å². The van der Waals surface area contributed by atoms with Crippen LogP contribution < -0.4 is 5.32 Å². The molecule has 0 atom stereocenters. The highest BCUT2D eigenvalue weighted by molar-refractivity contribution is 5.94. The van der Waals surface area contributed by atoms with Gasteiger partial charge < -0.3 is 15.4 Å². The monoisotopic (exact) mass is 244 g/mol. The molecule has 1 aliphatic rings. The van der Waals surface area contributed by atoms with Crippen LogP contribution in [-0.4, -0.2) is 22.1 Å². The highest BCUT2D eigenvalue weighted by Crippen LogP contribution is 2.22. The number of nitrogens with one attached hydrogen (secondary N) is 2. The number of aromatic nitrogens is 1. The van der Waals surface area contributed by atoms with E-state index in [0.29, 0.717) is 11.6 Å². The number of aromatic amines is 1. The maximum absolute atomic E-state index is 10.9. The summed E-state index contributed by atoms with van der Waals surface area (Å²) in [4.78, 5) is 14.0. The molecule has 1 heterocycles. The normalized spacial score (nSPS) is 15.8. The summed E-state index contributed by atoms with van der Waals surface area (Å²) in [6.07, 6.45) is 5.83. The molecule has 0 spiro atoms. The second kappa shape index (κ2) is 4.46. The first-order chi connectivity index (χ1) is 8.74. The van der Waals surface area contributed by atoms with Crippen molar-refractivity contribution in [2.24, 2.45) is 0 Å². The van der Waals surface area contributed by atoms with Gasteiger partial charge in [-0.25, -0.2) is 4.79 Å². The molecule has 0 saturated heterocycles. The minimum atomic E-state index is -0.888. The highest BCUT2D eigenvalue weighted by atomic mass is 16.4. The summed E-state index contributed by atoms with van der Waals surface area (Å²) in [5.41, 5.74) is 2.41. The van der Waals surface area contributed by atoms with Gasteiger partial charge in [0.2, 0.25) is 0 Å². The van der Waals surface area contributed by atoms with Gasteiger partial charge in [-0.2, -0.15) is 0 Å². The molecule has 3 N–H and O–H groups in total. The number of rotatable bonds is 4. The Labute approximate surface area is 105 Å². The molecule has 1 aliphatic carbocycles. The number of carboxylic acid groups (broad SMARTS) is 1. The quantitative estimate of drug-likeness (QED) is 0.774. The Bertz CT molecular complexity index is 584. The lowest BCUT2D eigenvalue weighted by molar-refractivity contribution is 0.0697. The smallest absolute Gasteiger partial charge is 0.335 e. The van der Waals surface area contributed by atoms with Crippen LogP contribution in [0.3, 0.4) is 0 Å². The van der Waals surface area contributed by atoms with Crippen LogP contribution in [0.25, 0.3) is 10.9 Å². The molecule has 1 aromatic carbocycles. The Hall–Kier alpha value is -1.81. The molecular formula is C14H16N2O2. The van der Waals surface area contributed by atoms with E-state index in [4.69, 9.17) is 5.11 Å². The Morgan fingerprint density at radius 1 is 1.44 bits per heavy atom. The topological polar surface area (TPSA) is 65.1 Å². The summed E-state index contributed by atoms with van der Waals surface area (Å²) >= 11 is 0. The molecule has 4 heteroatoms. The molecule has 3 rings (SSSR count). The maximum atomic E-state index is 10.9. The van der Waals surface area contributed by atoms with Crippen molar-refractivity contribution < 1.29 is 9.90 Å². The van der Waals surface area contributed by atoms with Crippen molar-refractivity contribution in [3.63, 3.8) is 0 Å². The van der Waals surface area contributed by atoms with Crippen molar-refractivity contribution in [2.75, 3.05) is 0 Å². The average Bonchev–Trinajstić information content (AvgIpc) is 2.69. The first kappa shape index (κ1) is 11.3. The van der Waals surface area contributed by atoms with E-state index in [0.717, 1.165) is 17.4 Å². The third-order valence-electron chi connectivity index (χ3n) is 3.70. The molecule has 0 amide bonds. The maximum Gasteiger partial charge on any atom is 0.335 e. The lowest BCUT2D eigenvalue weighted by Crippen LogP contribution is -2.34. The fraction of sp³-hybridized carbons (Fsp3) is 0.357. The largest absolute Gasteiger partial charge is 0.478 e. The van der Waals surface area contributed by atoms with Gasteiger partial charge in [-0.15, -0.1) is 0 Å². The van der Waals surface area contributed by atoms with Crippen molar-refractivity contribution in [2.45, 2.75) is 31.8 Å². The first-order valence-electron chi connectivity index (χ1n) is 6.31. The van der Waals surface area contributed by atoms with E-state index >= 15 is 0 Å². The molecule has 0 aliphatic heterocycles. The second-order valence-electron chi connectivity index (χ2n) is 4.89. The number of carboxylic acids is 1. The zero-order valence-electron chi connectivity index (χ0n) is 10.1. The van der Waals surface area contributed by atoms with Crippen LogP contribution >= 0.6 is 0 Å². The number of fused-ring (bicyclic) bond motifs is 1. The van der Waals surface area contributed by atoms with Gasteiger partial charge in [0.15, 0.2) is 0 Å². The minimum absolute atomic E-state index is 0.322. The fourth-order valence-electron chi connectivity index (χ4n) is 2.33. The summed E-state index contributed by atoms with van der Waals surface area (Å²) in [5, 5.41) is 13.6. The van der Waals surface area contributed by atoms with E-state index in [-0.39, 0.29) is 0 Å². The Balaban J connectivity index is 1.82. The molecule has 1 fully saturated rings. The van der Waals surface area contributed by atoms with Crippen molar-refractivity contribution >= 4 is 16.9 Å². The molecule has 1 aromatic heterocycles. The van der Waals surface area contributed by atoms with Gasteiger partial charge in [0.05, 0.1) is 5.56 Å². The molecule has 1 saturated carbocycles. The molecule has 0 bridgehead atoms. The molecule has 94 valence electrons. The van der Waals surface area contributed by atoms with E-state index in [2.05, 4.69) is 10.3 Å². The van der Waals surface area contributed by atoms with Crippen molar-refractivity contribution in [3.05, 3.63) is 35.5 Å². The van der Waals surface area contributed by atoms with Crippen LogP contribution in [0.2, 0.25) is 0 Å². The Kier molecular flexibility index (Phi) is 2.80. The van der Waals surface area contributed by atoms with Gasteiger partial charge in [0.25, 0.3) is 0 Å². The molecule has 4 nitrogen and oxygen atoms in total. The number of benzene rings is 1. The van der Waals surface area contributed by atoms with Gasteiger partial charge in [-0.3, -0.25) is 0 Å². The van der Waals surface area contributed by atoms with E-state index in [1.807, 2.05) is 12.3 Å². The molecular weight excluding hydrogens is 228 g/mol. The van der Waals surface area contributed by atoms with Gasteiger partial charge in [0.1, 0.15) is 0 Å². The highest BCUT2D eigenvalue weighted by Gasteiger charge is 2.17. The molecule has 2 aromatic rings. The second-order valence-corrected chi connectivity index (χ2v) is 4.89. The molecule has 18 heavy (non-hydrogen) atoms. The number of aromatic carboxylic acids is 1. The third-order valence-corrected chi connectivity index (χ3v) is 3.70. The van der Waals surface area contributed by atoms with Crippen LogP contribution in [0.1, 0.15) is 35.2 Å². The molecule has 0 unspecified atom stereocenters. The standard InChI is InChI=1S/C14H16N2O2/c17-14(18)9-4-5-12-10(8-16-13(12)6-9)7-15-11-2-1-3-11/h4-6,8,11,15-16H,1-3,7H2,(H,17,18). The fourth-order valence-corrected chi connectivity index (χ4v) is 2.33. The predicted molar refractivity (Wildman–Crippen MR) is 69.7 cm³/mol. The van der Waals surface area contributed by atoms with E-state index < -0.39 is 5.97 Å². The van der Waals surface area contributed by atoms with Gasteiger partial charge >= 0.3 is 5.97 Å². The lowest BCUT2D eigenvalue weighted by atomic mass is 9.93. The van der Waals surface area contributed by atoms with Gasteiger partial charge in [0, 0.05) is 29.7 Å². The van der Waals surface area contributed by atoms with Gasteiger partial charge in [-0.1, -0.05) is 12.5 Å². The summed E-state index contributed by atoms with van der Waals surface area (Å²) < 4.78 is 0. The third kappa shape index (κ3) is 1.99. The van der Waals surface area contributed by atoms with Crippen molar-refractivity contribution in [3.8, 4) is 0 Å². The SMILES string of the molecule is O=C(O)c1ccc2c(CNC3CCC3)c[nH]c2c1. The lowest BCUT2D eigenvalue weighted by Gasteiger charge is -2.26. The zero-order valence-corrected chi connectivity index (χ0v) is 10.1. The van der Waals surface area contributed by atoms with Crippen LogP contribution in [0.15, 0.2) is 24.4 Å². The predicted octanol–water partition coefficient (Wildman–Crippen LogP) is 2.51. The van der Waals surface area contributed by atoms with Crippen LogP contribution in [0, 0.1) is 0 Å². The van der Waals surface area contributed by atoms with Crippen molar-refractivity contribution in [1.82, 2.24) is 10.3 Å². The number of hydrogen-bond donors (Lipinski definition) is 3. The summed E-state index contributed by atoms with van der Waals surface area (Å²) in [6, 6.07) is 5.89. The van der Waals surface area contributed by atoms with Crippen LogP contribution in [0.4, 0.5) is 0 Å². The number of hydrogen-bond acceptors (Lipinski definition) is 2. The number of carbonyl (C=O) groups is 1. The Morgan fingerprint density at radius 3 is 2.94 bits per heavy atom. The van der Waals surface area contributed by atoms with E-state index in [9.17, 15) is 4.79 Å². The van der Waals surface area contributed by atoms with E-state index in [1.54, 1.807) is 12.1 Å². The van der Waals surface area contributed by atoms with Crippen LogP contribution in [-0.2, 0) is 6.54 Å². The average molecular weight is 244 g/mol. The van der Waals surface area contributed by atoms with Crippen molar-refractivity contribution in [1.29, 1.82) is 0 Å². The summed E-state index contributed by atoms with van der Waals surface area (Å²) in [6.45, 7) is 0.844. The Morgan fingerprint density at radius 2 is 2.28 bits per heavy atom. The minimum Gasteiger partial charge on any atom is -0.478 e. The first-order valence-corrected chi connectivity index (χ1v) is 6.31. The summed E-state index contributed by atoms with van der Waals surface area (Å²) in [5.74, 6) is -0.888. The van der Waals surface area contributed by atoms with Gasteiger partial charge in [-0.05, 0) is 30.5 Å². The summed E-state index contributed by atoms with van der Waals surface area (Å²) in [7, 11) is 0. The number of H-pyrrole nitrogens is 1. The van der Waals surface area contributed by atoms with Crippen LogP contribution in [0.5, 0.6) is 0 Å². The molecule has 0 radical (unpaired) electrons.